The molecule has 0 aromatic heterocycles. The van der Waals surface area contributed by atoms with Crippen molar-refractivity contribution in [2.45, 2.75) is 0 Å². The standard InChI is InChI=1S/C6H6FISi/c7-5-3-4(9)1-2-6(5)8/h1-3H,9H3. The summed E-state index contributed by atoms with van der Waals surface area (Å²) >= 11 is 1.98. The first-order chi connectivity index (χ1) is 4.20. The highest BCUT2D eigenvalue weighted by Crippen LogP contribution is 2.06. The van der Waals surface area contributed by atoms with Crippen molar-refractivity contribution in [2.24, 2.45) is 0 Å². The van der Waals surface area contributed by atoms with Crippen LogP contribution in [0.15, 0.2) is 18.2 Å². The fourth-order valence-corrected chi connectivity index (χ4v) is 1.36. The van der Waals surface area contributed by atoms with Gasteiger partial charge < -0.3 is 0 Å². The molecule has 0 aliphatic heterocycles. The average Bonchev–Trinajstić information content (AvgIpc) is 1.80. The zero-order valence-electron chi connectivity index (χ0n) is 4.99. The van der Waals surface area contributed by atoms with E-state index in [0.717, 1.165) is 15.4 Å². The van der Waals surface area contributed by atoms with Crippen LogP contribution in [-0.2, 0) is 0 Å². The van der Waals surface area contributed by atoms with Gasteiger partial charge in [-0.15, -0.1) is 0 Å². The Kier molecular flexibility index (Phi) is 2.23. The van der Waals surface area contributed by atoms with Crippen LogP contribution in [0.3, 0.4) is 0 Å². The molecule has 48 valence electrons. The smallest absolute Gasteiger partial charge is 0.136 e. The van der Waals surface area contributed by atoms with Gasteiger partial charge in [0.15, 0.2) is 0 Å². The third-order valence-electron chi connectivity index (χ3n) is 1.08. The number of hydrogen-bond acceptors (Lipinski definition) is 0. The van der Waals surface area contributed by atoms with E-state index in [2.05, 4.69) is 0 Å². The molecule has 1 aromatic carbocycles. The SMILES string of the molecule is Fc1cc([SiH3])ccc1I. The first kappa shape index (κ1) is 7.21. The van der Waals surface area contributed by atoms with Crippen LogP contribution in [0.4, 0.5) is 4.39 Å². The van der Waals surface area contributed by atoms with E-state index >= 15 is 0 Å². The van der Waals surface area contributed by atoms with E-state index in [1.807, 2.05) is 28.7 Å². The summed E-state index contributed by atoms with van der Waals surface area (Å²) in [5.41, 5.74) is 0. The Morgan fingerprint density at radius 2 is 2.11 bits per heavy atom. The maximum atomic E-state index is 12.6. The Labute approximate surface area is 70.0 Å². The van der Waals surface area contributed by atoms with Gasteiger partial charge >= 0.3 is 0 Å². The molecular formula is C6H6FISi. The molecule has 0 fully saturated rings. The number of halogens is 2. The van der Waals surface area contributed by atoms with Crippen LogP contribution in [0.25, 0.3) is 0 Å². The van der Waals surface area contributed by atoms with E-state index in [0.29, 0.717) is 3.57 Å². The Balaban J connectivity index is 3.17. The molecule has 0 aliphatic rings. The van der Waals surface area contributed by atoms with Gasteiger partial charge in [-0.05, 0) is 34.7 Å². The summed E-state index contributed by atoms with van der Waals surface area (Å²) in [7, 11) is 0.927. The van der Waals surface area contributed by atoms with Crippen LogP contribution in [0.2, 0.25) is 0 Å². The van der Waals surface area contributed by atoms with Gasteiger partial charge in [0.1, 0.15) is 5.82 Å². The maximum Gasteiger partial charge on any atom is 0.136 e. The topological polar surface area (TPSA) is 0 Å². The Hall–Kier alpha value is 0.0969. The summed E-state index contributed by atoms with van der Waals surface area (Å²) in [5.74, 6) is -0.0944. The van der Waals surface area contributed by atoms with E-state index in [-0.39, 0.29) is 5.82 Å². The van der Waals surface area contributed by atoms with Crippen LogP contribution < -0.4 is 5.19 Å². The summed E-state index contributed by atoms with van der Waals surface area (Å²) in [4.78, 5) is 0. The molecular weight excluding hydrogens is 246 g/mol. The van der Waals surface area contributed by atoms with E-state index < -0.39 is 0 Å². The number of hydrogen-bond donors (Lipinski definition) is 0. The van der Waals surface area contributed by atoms with E-state index in [1.54, 1.807) is 12.1 Å². The monoisotopic (exact) mass is 252 g/mol. The molecule has 0 atom stereocenters. The van der Waals surface area contributed by atoms with Crippen LogP contribution in [-0.4, -0.2) is 10.2 Å². The lowest BCUT2D eigenvalue weighted by molar-refractivity contribution is 0.621. The first-order valence-corrected chi connectivity index (χ1v) is 4.69. The lowest BCUT2D eigenvalue weighted by Gasteiger charge is -1.93. The molecule has 1 rings (SSSR count). The van der Waals surface area contributed by atoms with Crippen molar-refractivity contribution in [3.8, 4) is 0 Å². The average molecular weight is 252 g/mol. The van der Waals surface area contributed by atoms with Gasteiger partial charge in [-0.25, -0.2) is 4.39 Å². The van der Waals surface area contributed by atoms with Gasteiger partial charge in [-0.1, -0.05) is 11.3 Å². The highest BCUT2D eigenvalue weighted by molar-refractivity contribution is 14.1. The fourth-order valence-electron chi connectivity index (χ4n) is 0.601. The zero-order chi connectivity index (χ0) is 6.85. The normalized spacial score (nSPS) is 10.0. The maximum absolute atomic E-state index is 12.6. The second-order valence-electron chi connectivity index (χ2n) is 1.92. The van der Waals surface area contributed by atoms with Crippen LogP contribution in [0, 0.1) is 9.39 Å². The molecule has 0 saturated heterocycles. The minimum atomic E-state index is -0.0944. The highest BCUT2D eigenvalue weighted by Gasteiger charge is 1.94. The van der Waals surface area contributed by atoms with Crippen molar-refractivity contribution in [1.29, 1.82) is 0 Å². The summed E-state index contributed by atoms with van der Waals surface area (Å²) in [6, 6.07) is 5.35. The van der Waals surface area contributed by atoms with Gasteiger partial charge in [0.2, 0.25) is 0 Å². The predicted octanol–water partition coefficient (Wildman–Crippen LogP) is 0.421. The van der Waals surface area contributed by atoms with Crippen LogP contribution >= 0.6 is 22.6 Å². The molecule has 9 heavy (non-hydrogen) atoms. The molecule has 0 bridgehead atoms. The van der Waals surface area contributed by atoms with Crippen LogP contribution in [0.5, 0.6) is 0 Å². The van der Waals surface area contributed by atoms with Gasteiger partial charge in [0.05, 0.1) is 0 Å². The molecule has 0 nitrogen and oxygen atoms in total. The van der Waals surface area contributed by atoms with Crippen molar-refractivity contribution in [1.82, 2.24) is 0 Å². The quantitative estimate of drug-likeness (QED) is 0.464. The summed E-state index contributed by atoms with van der Waals surface area (Å²) in [5, 5.41) is 1.10. The zero-order valence-corrected chi connectivity index (χ0v) is 9.15. The van der Waals surface area contributed by atoms with Gasteiger partial charge in [-0.3, -0.25) is 0 Å². The minimum Gasteiger partial charge on any atom is -0.206 e. The van der Waals surface area contributed by atoms with Gasteiger partial charge in [0, 0.05) is 13.8 Å². The van der Waals surface area contributed by atoms with Gasteiger partial charge in [-0.2, -0.15) is 0 Å². The highest BCUT2D eigenvalue weighted by atomic mass is 127. The second kappa shape index (κ2) is 2.79. The van der Waals surface area contributed by atoms with Gasteiger partial charge in [0.25, 0.3) is 0 Å². The molecule has 0 N–H and O–H groups in total. The lowest BCUT2D eigenvalue weighted by atomic mass is 10.3. The molecule has 3 heteroatoms. The molecule has 0 aliphatic carbocycles. The summed E-state index contributed by atoms with van der Waals surface area (Å²) in [6.45, 7) is 0. The van der Waals surface area contributed by atoms with E-state index in [1.165, 1.54) is 0 Å². The molecule has 1 aromatic rings. The fraction of sp³-hybridized carbons (Fsp3) is 0. The van der Waals surface area contributed by atoms with Crippen molar-refractivity contribution in [2.75, 3.05) is 0 Å². The van der Waals surface area contributed by atoms with Crippen molar-refractivity contribution in [3.05, 3.63) is 27.6 Å². The molecule has 0 spiro atoms. The molecule has 0 unspecified atom stereocenters. The number of benzene rings is 1. The van der Waals surface area contributed by atoms with E-state index in [4.69, 9.17) is 0 Å². The van der Waals surface area contributed by atoms with E-state index in [9.17, 15) is 4.39 Å². The third kappa shape index (κ3) is 1.75. The largest absolute Gasteiger partial charge is 0.206 e. The Bertz CT molecular complexity index is 224. The third-order valence-corrected chi connectivity index (χ3v) is 2.57. The Morgan fingerprint density at radius 1 is 1.44 bits per heavy atom. The molecule has 0 saturated carbocycles. The minimum absolute atomic E-state index is 0.0944. The Morgan fingerprint density at radius 3 is 2.56 bits per heavy atom. The van der Waals surface area contributed by atoms with Crippen molar-refractivity contribution in [3.63, 3.8) is 0 Å². The predicted molar refractivity (Wildman–Crippen MR) is 48.7 cm³/mol. The van der Waals surface area contributed by atoms with Crippen LogP contribution in [0.1, 0.15) is 0 Å². The molecule has 0 radical (unpaired) electrons. The first-order valence-electron chi connectivity index (χ1n) is 2.62. The second-order valence-corrected chi connectivity index (χ2v) is 4.23. The molecule has 0 heterocycles. The van der Waals surface area contributed by atoms with Crippen molar-refractivity contribution < 1.29 is 4.39 Å². The number of rotatable bonds is 0. The lowest BCUT2D eigenvalue weighted by Crippen LogP contribution is -2.02. The molecule has 0 amide bonds. The van der Waals surface area contributed by atoms with Crippen molar-refractivity contribution >= 4 is 38.0 Å². The summed E-state index contributed by atoms with van der Waals surface area (Å²) < 4.78 is 13.3. The summed E-state index contributed by atoms with van der Waals surface area (Å²) in [6.07, 6.45) is 0.